The summed E-state index contributed by atoms with van der Waals surface area (Å²) in [7, 11) is 7.55. The summed E-state index contributed by atoms with van der Waals surface area (Å²) in [6, 6.07) is 61.8. The third-order valence-corrected chi connectivity index (χ3v) is 28.3. The van der Waals surface area contributed by atoms with Crippen molar-refractivity contribution < 1.29 is 62.0 Å². The van der Waals surface area contributed by atoms with Crippen LogP contribution in [0.4, 0.5) is 4.79 Å². The van der Waals surface area contributed by atoms with Gasteiger partial charge in [-0.25, -0.2) is 4.79 Å². The van der Waals surface area contributed by atoms with Crippen LogP contribution in [0, 0.1) is 47.3 Å². The number of hydrogen-bond acceptors (Lipinski definition) is 23. The lowest BCUT2D eigenvalue weighted by atomic mass is 9.85. The van der Waals surface area contributed by atoms with Gasteiger partial charge in [0.2, 0.25) is 5.56 Å². The third kappa shape index (κ3) is 35.7. The zero-order valence-electron chi connectivity index (χ0n) is 86.9. The number of pyridine rings is 2. The van der Waals surface area contributed by atoms with Crippen molar-refractivity contribution in [2.75, 3.05) is 101 Å². The molecule has 5 amide bonds. The fraction of sp³-hybridized carbons (Fsp3) is 0.422. The molecule has 9 aromatic rings. The standard InChI is InChI=1S/C34H42N4O3.C30H42N4O4.C27H37N5O3.C25H32N4O4/c1-25(35)38-22-19-27(20-23-38)10-6-12-31(34(40)41-2)32(18-13-26-8-4-3-5-9-26)37-33(39)29-16-14-28(15-17-29)30-11-7-21-36-24-30;1-5-38-30(36)33-22(3)34-15-7-9-24(19-34)17-28(20-37-4)21(2)32-29(35)26-13-11-25(12-14-26)27-10-6-8-23(16-27)18-31;1-18(24(26(34)35-3)15-20-7-5-13-32(17-20)27(29)30-2)31-25(33)22-11-9-21(10-12-22)23-8-4-6-19(14-23)16-28;1-16(22(25(32)33-3)13-18-5-4-12-29(15-18)17(2)26)28-24(31)20-8-6-19(7-9-20)21-10-11-23(30)27-14-21/h3-5,7-9,11,14-17,21,24,27,31-32H,1,6,10,12-13,18-20,22-23,35H2,2H3,(H,37,39);6,8,10-14,16,21,24,28H,3,5,7,9,15,17-20,31H2,1-2,4H3,(H,32,35)(H,33,36);4,6,8-12,14,18,20,24H,5,7,13,15-17,28H2,1-3H3,(H2,29,30)(H,31,33);6-11,14,16,18,22H,2,4-5,12-13,15,26H2,1,3H3,(H,27,30)(H,28,31)/t31-,32?;21-,24?,28?;18-,20?,24?;16-,18?,22-/m1111/s1. The van der Waals surface area contributed by atoms with Crippen LogP contribution in [0.1, 0.15) is 182 Å². The molecule has 0 radical (unpaired) electrons. The minimum atomic E-state index is -0.481. The number of amides is 5. The van der Waals surface area contributed by atoms with E-state index in [4.69, 9.17) is 52.4 Å². The molecule has 786 valence electrons. The summed E-state index contributed by atoms with van der Waals surface area (Å²) < 4.78 is 25.9. The number of guanidine groups is 1. The largest absolute Gasteiger partial charge is 0.469 e. The molecule has 4 fully saturated rings. The number of carbonyl (C=O) groups is 8. The van der Waals surface area contributed by atoms with Gasteiger partial charge in [-0.3, -0.25) is 53.6 Å². The molecule has 7 aromatic carbocycles. The van der Waals surface area contributed by atoms with E-state index >= 15 is 0 Å². The molecule has 4 aliphatic rings. The molecule has 147 heavy (non-hydrogen) atoms. The predicted octanol–water partition coefficient (Wildman–Crippen LogP) is 15.3. The number of aryl methyl sites for hydroxylation is 1. The number of hydrogen-bond donors (Lipinski definition) is 11. The molecule has 31 heteroatoms. The van der Waals surface area contributed by atoms with E-state index in [0.29, 0.717) is 109 Å². The molecule has 4 aliphatic heterocycles. The maximum atomic E-state index is 13.4. The second-order valence-electron chi connectivity index (χ2n) is 38.6. The average molecular weight is 2010 g/mol. The molecule has 16 N–H and O–H groups in total. The molecule has 6 heterocycles. The monoisotopic (exact) mass is 2010 g/mol. The third-order valence-electron chi connectivity index (χ3n) is 28.3. The van der Waals surface area contributed by atoms with Crippen molar-refractivity contribution in [3.63, 3.8) is 0 Å². The first-order valence-corrected chi connectivity index (χ1v) is 51.2. The van der Waals surface area contributed by atoms with Gasteiger partial charge in [0.25, 0.3) is 23.6 Å². The number of likely N-dealkylation sites (tertiary alicyclic amines) is 4. The number of benzene rings is 7. The number of aromatic amines is 1. The molecule has 13 rings (SSSR count). The van der Waals surface area contributed by atoms with Crippen LogP contribution in [0.3, 0.4) is 0 Å². The molecule has 0 spiro atoms. The molecule has 31 nitrogen and oxygen atoms in total. The van der Waals surface area contributed by atoms with Gasteiger partial charge < -0.3 is 98.2 Å². The first-order valence-electron chi connectivity index (χ1n) is 51.2. The van der Waals surface area contributed by atoms with Gasteiger partial charge in [0.1, 0.15) is 5.82 Å². The molecule has 0 bridgehead atoms. The fourth-order valence-corrected chi connectivity index (χ4v) is 19.8. The van der Waals surface area contributed by atoms with Crippen LogP contribution >= 0.6 is 0 Å². The lowest BCUT2D eigenvalue weighted by Gasteiger charge is -2.37. The zero-order valence-corrected chi connectivity index (χ0v) is 86.9. The van der Waals surface area contributed by atoms with E-state index in [1.165, 1.54) is 33.0 Å². The second-order valence-corrected chi connectivity index (χ2v) is 38.6. The highest BCUT2D eigenvalue weighted by Crippen LogP contribution is 2.34. The maximum Gasteiger partial charge on any atom is 0.412 e. The van der Waals surface area contributed by atoms with Crippen molar-refractivity contribution in [1.82, 2.24) is 56.2 Å². The first kappa shape index (κ1) is 115. The number of alkyl carbamates (subject to hydrolysis) is 1. The first-order chi connectivity index (χ1) is 70.9. The number of esters is 3. The number of methoxy groups -OCH3 is 4. The number of H-pyrrole nitrogens is 1. The van der Waals surface area contributed by atoms with Crippen LogP contribution in [0.5, 0.6) is 0 Å². The Bertz CT molecular complexity index is 5810. The second kappa shape index (κ2) is 59.3. The number of aromatic nitrogens is 2. The van der Waals surface area contributed by atoms with Crippen LogP contribution in [-0.4, -0.2) is 208 Å². The van der Waals surface area contributed by atoms with Gasteiger partial charge in [0.05, 0.1) is 63.9 Å². The van der Waals surface area contributed by atoms with Crippen molar-refractivity contribution in [1.29, 1.82) is 0 Å². The Morgan fingerprint density at radius 3 is 1.35 bits per heavy atom. The summed E-state index contributed by atoms with van der Waals surface area (Å²) in [6.07, 6.45) is 19.0. The quantitative estimate of drug-likeness (QED) is 0.00733. The van der Waals surface area contributed by atoms with Gasteiger partial charge in [-0.05, 0) is 275 Å². The number of piperidine rings is 4. The lowest BCUT2D eigenvalue weighted by molar-refractivity contribution is -0.148. The predicted molar refractivity (Wildman–Crippen MR) is 579 cm³/mol. The van der Waals surface area contributed by atoms with E-state index in [1.807, 2.05) is 171 Å². The van der Waals surface area contributed by atoms with Gasteiger partial charge in [-0.2, -0.15) is 0 Å². The summed E-state index contributed by atoms with van der Waals surface area (Å²) in [4.78, 5) is 133. The zero-order chi connectivity index (χ0) is 106. The smallest absolute Gasteiger partial charge is 0.412 e. The van der Waals surface area contributed by atoms with Crippen LogP contribution in [0.2, 0.25) is 0 Å². The molecule has 0 saturated carbocycles. The van der Waals surface area contributed by atoms with Crippen molar-refractivity contribution in [2.45, 2.75) is 168 Å². The topological polar surface area (TPSA) is 444 Å². The fourth-order valence-electron chi connectivity index (χ4n) is 19.8. The number of rotatable bonds is 41. The molecule has 2 aromatic heterocycles. The van der Waals surface area contributed by atoms with Gasteiger partial charge >= 0.3 is 24.0 Å². The van der Waals surface area contributed by atoms with Gasteiger partial charge in [-0.1, -0.05) is 154 Å². The van der Waals surface area contributed by atoms with Crippen LogP contribution in [-0.2, 0) is 57.6 Å². The van der Waals surface area contributed by atoms with E-state index in [-0.39, 0.29) is 83.0 Å². The number of aliphatic imine (C=N–C) groups is 1. The molecular weight excluding hydrogens is 1860 g/mol. The molecule has 11 atom stereocenters. The number of nitrogens with zero attached hydrogens (tertiary/aromatic N) is 6. The van der Waals surface area contributed by atoms with E-state index in [1.54, 1.807) is 70.0 Å². The van der Waals surface area contributed by atoms with Crippen LogP contribution < -0.4 is 60.8 Å². The number of carbonyl (C=O) groups excluding carboxylic acids is 8. The van der Waals surface area contributed by atoms with Gasteiger partial charge in [0, 0.05) is 157 Å². The number of nitrogens with one attached hydrogen (secondary N) is 6. The van der Waals surface area contributed by atoms with Crippen molar-refractivity contribution in [3.05, 3.63) is 305 Å². The minimum absolute atomic E-state index is 0.0698. The van der Waals surface area contributed by atoms with Crippen LogP contribution in [0.25, 0.3) is 44.5 Å². The summed E-state index contributed by atoms with van der Waals surface area (Å²) in [6.45, 7) is 27.7. The van der Waals surface area contributed by atoms with E-state index < -0.39 is 29.9 Å². The Morgan fingerprint density at radius 1 is 0.463 bits per heavy atom. The average Bonchev–Trinajstić information content (AvgIpc) is 0.841. The van der Waals surface area contributed by atoms with E-state index in [9.17, 15) is 43.2 Å². The Balaban J connectivity index is 0.000000201. The highest BCUT2D eigenvalue weighted by atomic mass is 16.5. The minimum Gasteiger partial charge on any atom is -0.469 e. The Hall–Kier alpha value is -14.4. The van der Waals surface area contributed by atoms with E-state index in [2.05, 4.69) is 94.2 Å². The lowest BCUT2D eigenvalue weighted by Crippen LogP contribution is -2.47. The van der Waals surface area contributed by atoms with Crippen molar-refractivity contribution >= 4 is 53.6 Å². The number of ether oxygens (including phenoxy) is 5. The van der Waals surface area contributed by atoms with Crippen LogP contribution in [0.15, 0.2) is 266 Å². The van der Waals surface area contributed by atoms with E-state index in [0.717, 1.165) is 185 Å². The highest BCUT2D eigenvalue weighted by Gasteiger charge is 2.37. The van der Waals surface area contributed by atoms with Crippen molar-refractivity contribution in [3.8, 4) is 44.5 Å². The summed E-state index contributed by atoms with van der Waals surface area (Å²) in [5.74, 6) is 0.897. The maximum absolute atomic E-state index is 13.4. The van der Waals surface area contributed by atoms with Gasteiger partial charge in [0.15, 0.2) is 5.96 Å². The molecular formula is C116H153N17O14. The Morgan fingerprint density at radius 2 is 0.898 bits per heavy atom. The normalized spacial score (nSPS) is 16.8. The molecule has 4 saturated heterocycles. The summed E-state index contributed by atoms with van der Waals surface area (Å²) >= 11 is 0. The molecule has 6 unspecified atom stereocenters. The number of nitrogens with two attached hydrogens (primary N) is 5. The highest BCUT2D eigenvalue weighted by molar-refractivity contribution is 5.97. The van der Waals surface area contributed by atoms with Crippen molar-refractivity contribution in [2.24, 2.45) is 81.0 Å². The Labute approximate surface area is 866 Å². The van der Waals surface area contributed by atoms with Gasteiger partial charge in [-0.15, -0.1) is 0 Å². The summed E-state index contributed by atoms with van der Waals surface area (Å²) in [5.41, 5.74) is 42.5. The summed E-state index contributed by atoms with van der Waals surface area (Å²) in [5, 5.41) is 15.1. The molecule has 0 aliphatic carbocycles. The SMILES string of the molecule is C=C(N)N1CCC(CCC[C@@H](C(=O)OC)C(CCc2ccccc2)NC(=O)c2ccc(-c3cccnc3)cc2)CC1.C=C(N)N1CCCC(C[C@@H](C(=O)OC)[C@@H](C)NC(=O)c2ccc(-c3ccc(=O)[nH]c3)cc2)C1.C=C(NC(=O)OCC)N1CCCC(CC(COC)[C@@H](C)NC(=O)c2ccc(-c3cccc(CN)c3)cc2)C1.CN=C(N)N1CCCC(CC(C(=O)OC)[C@@H](C)NC(=O)c2ccc(-c3cccc(CN)c3)cc2)C1. The Kier molecular flexibility index (Phi) is 46.2.